The van der Waals surface area contributed by atoms with Crippen LogP contribution in [0, 0.1) is 0 Å². The molecule has 1 saturated heterocycles. The summed E-state index contributed by atoms with van der Waals surface area (Å²) >= 11 is 0. The Balaban J connectivity index is 1.65. The molecule has 1 aromatic rings. The summed E-state index contributed by atoms with van der Waals surface area (Å²) in [4.78, 5) is 22.3. The number of rotatable bonds is 8. The largest absolute Gasteiger partial charge is 0.482 e. The highest BCUT2D eigenvalue weighted by Gasteiger charge is 2.17. The summed E-state index contributed by atoms with van der Waals surface area (Å²) in [5.41, 5.74) is 1.06. The molecular formula is C17H23NO5. The van der Waals surface area contributed by atoms with Crippen molar-refractivity contribution in [2.24, 2.45) is 0 Å². The van der Waals surface area contributed by atoms with Gasteiger partial charge in [-0.05, 0) is 43.4 Å². The SMILES string of the molecule is O=C(O)COc1ccc(CCNC(=O)CC2CCCCO2)cc1. The lowest BCUT2D eigenvalue weighted by Gasteiger charge is -2.21. The minimum atomic E-state index is -1.00. The van der Waals surface area contributed by atoms with Crippen molar-refractivity contribution >= 4 is 11.9 Å². The Morgan fingerprint density at radius 3 is 2.70 bits per heavy atom. The van der Waals surface area contributed by atoms with Crippen LogP contribution in [0.3, 0.4) is 0 Å². The summed E-state index contributed by atoms with van der Waals surface area (Å²) in [5, 5.41) is 11.4. The van der Waals surface area contributed by atoms with Gasteiger partial charge in [-0.2, -0.15) is 0 Å². The minimum absolute atomic E-state index is 0.0262. The summed E-state index contributed by atoms with van der Waals surface area (Å²) in [6.07, 6.45) is 4.40. The van der Waals surface area contributed by atoms with E-state index >= 15 is 0 Å². The molecule has 0 radical (unpaired) electrons. The van der Waals surface area contributed by atoms with Crippen LogP contribution in [0.2, 0.25) is 0 Å². The van der Waals surface area contributed by atoms with Crippen LogP contribution in [-0.2, 0) is 20.7 Å². The summed E-state index contributed by atoms with van der Waals surface area (Å²) in [6.45, 7) is 0.980. The Morgan fingerprint density at radius 2 is 2.04 bits per heavy atom. The molecule has 1 heterocycles. The Morgan fingerprint density at radius 1 is 1.26 bits per heavy atom. The molecule has 1 aliphatic rings. The first-order valence-corrected chi connectivity index (χ1v) is 7.95. The number of carboxylic acid groups (broad SMARTS) is 1. The lowest BCUT2D eigenvalue weighted by molar-refractivity contribution is -0.139. The van der Waals surface area contributed by atoms with Crippen molar-refractivity contribution in [2.45, 2.75) is 38.2 Å². The third-order valence-electron chi connectivity index (χ3n) is 3.71. The van der Waals surface area contributed by atoms with E-state index in [1.54, 1.807) is 12.1 Å². The highest BCUT2D eigenvalue weighted by molar-refractivity contribution is 5.76. The van der Waals surface area contributed by atoms with Gasteiger partial charge in [0.25, 0.3) is 0 Å². The van der Waals surface area contributed by atoms with Crippen molar-refractivity contribution in [3.8, 4) is 5.75 Å². The van der Waals surface area contributed by atoms with E-state index in [1.807, 2.05) is 12.1 Å². The summed E-state index contributed by atoms with van der Waals surface area (Å²) in [7, 11) is 0. The van der Waals surface area contributed by atoms with Gasteiger partial charge in [-0.15, -0.1) is 0 Å². The van der Waals surface area contributed by atoms with E-state index < -0.39 is 5.97 Å². The fourth-order valence-corrected chi connectivity index (χ4v) is 2.49. The van der Waals surface area contributed by atoms with Crippen molar-refractivity contribution in [1.29, 1.82) is 0 Å². The molecule has 2 N–H and O–H groups in total. The number of hydrogen-bond donors (Lipinski definition) is 2. The molecule has 1 unspecified atom stereocenters. The number of benzene rings is 1. The van der Waals surface area contributed by atoms with Gasteiger partial charge in [0, 0.05) is 13.2 Å². The van der Waals surface area contributed by atoms with Gasteiger partial charge >= 0.3 is 5.97 Å². The van der Waals surface area contributed by atoms with E-state index in [2.05, 4.69) is 5.32 Å². The molecule has 1 aromatic carbocycles. The summed E-state index contributed by atoms with van der Waals surface area (Å²) in [5.74, 6) is -0.452. The first kappa shape index (κ1) is 17.3. The van der Waals surface area contributed by atoms with Crippen molar-refractivity contribution in [2.75, 3.05) is 19.8 Å². The number of aliphatic carboxylic acids is 1. The highest BCUT2D eigenvalue weighted by Crippen LogP contribution is 2.15. The average Bonchev–Trinajstić information content (AvgIpc) is 2.55. The smallest absolute Gasteiger partial charge is 0.341 e. The van der Waals surface area contributed by atoms with Crippen molar-refractivity contribution in [3.63, 3.8) is 0 Å². The van der Waals surface area contributed by atoms with E-state index in [-0.39, 0.29) is 18.6 Å². The summed E-state index contributed by atoms with van der Waals surface area (Å²) in [6, 6.07) is 7.20. The molecule has 0 bridgehead atoms. The van der Waals surface area contributed by atoms with Gasteiger partial charge in [-0.1, -0.05) is 12.1 Å². The van der Waals surface area contributed by atoms with Crippen LogP contribution >= 0.6 is 0 Å². The molecule has 126 valence electrons. The molecule has 6 nitrogen and oxygen atoms in total. The number of nitrogens with one attached hydrogen (secondary N) is 1. The molecule has 1 amide bonds. The molecule has 1 fully saturated rings. The van der Waals surface area contributed by atoms with Gasteiger partial charge in [0.1, 0.15) is 5.75 Å². The van der Waals surface area contributed by atoms with Crippen LogP contribution in [0.4, 0.5) is 0 Å². The number of amides is 1. The van der Waals surface area contributed by atoms with Crippen molar-refractivity contribution in [1.82, 2.24) is 5.32 Å². The van der Waals surface area contributed by atoms with E-state index in [9.17, 15) is 9.59 Å². The number of carbonyl (C=O) groups excluding carboxylic acids is 1. The number of ether oxygens (including phenoxy) is 2. The first-order chi connectivity index (χ1) is 11.1. The van der Waals surface area contributed by atoms with Gasteiger partial charge in [0.05, 0.1) is 12.5 Å². The molecule has 6 heteroatoms. The Labute approximate surface area is 135 Å². The van der Waals surface area contributed by atoms with E-state index in [1.165, 1.54) is 0 Å². The normalized spacial score (nSPS) is 17.5. The quantitative estimate of drug-likeness (QED) is 0.762. The van der Waals surface area contributed by atoms with Gasteiger partial charge in [0.15, 0.2) is 6.61 Å². The molecule has 0 aliphatic carbocycles. The van der Waals surface area contributed by atoms with Crippen LogP contribution in [0.1, 0.15) is 31.2 Å². The topological polar surface area (TPSA) is 84.9 Å². The third kappa shape index (κ3) is 6.69. The summed E-state index contributed by atoms with van der Waals surface area (Å²) < 4.78 is 10.6. The molecule has 0 aromatic heterocycles. The second kappa shape index (κ2) is 9.15. The molecule has 1 aliphatic heterocycles. The standard InChI is InChI=1S/C17H23NO5/c19-16(11-15-3-1-2-10-22-15)18-9-8-13-4-6-14(7-5-13)23-12-17(20)21/h4-7,15H,1-3,8-12H2,(H,18,19)(H,20,21). The Kier molecular flexibility index (Phi) is 6.87. The second-order valence-electron chi connectivity index (χ2n) is 5.62. The molecule has 0 saturated carbocycles. The maximum absolute atomic E-state index is 11.8. The van der Waals surface area contributed by atoms with Crippen LogP contribution < -0.4 is 10.1 Å². The van der Waals surface area contributed by atoms with Crippen molar-refractivity contribution in [3.05, 3.63) is 29.8 Å². The molecule has 0 spiro atoms. The fourth-order valence-electron chi connectivity index (χ4n) is 2.49. The van der Waals surface area contributed by atoms with Crippen LogP contribution in [-0.4, -0.2) is 42.8 Å². The predicted molar refractivity (Wildman–Crippen MR) is 84.5 cm³/mol. The predicted octanol–water partition coefficient (Wildman–Crippen LogP) is 1.77. The highest BCUT2D eigenvalue weighted by atomic mass is 16.5. The maximum atomic E-state index is 11.8. The fraction of sp³-hybridized carbons (Fsp3) is 0.529. The van der Waals surface area contributed by atoms with Crippen LogP contribution in [0.5, 0.6) is 5.75 Å². The second-order valence-corrected chi connectivity index (χ2v) is 5.62. The van der Waals surface area contributed by atoms with Gasteiger partial charge < -0.3 is 19.9 Å². The number of carbonyl (C=O) groups is 2. The van der Waals surface area contributed by atoms with E-state index in [4.69, 9.17) is 14.6 Å². The number of hydrogen-bond acceptors (Lipinski definition) is 4. The van der Waals surface area contributed by atoms with Gasteiger partial charge in [0.2, 0.25) is 5.91 Å². The molecule has 1 atom stereocenters. The Bertz CT molecular complexity index is 508. The molecular weight excluding hydrogens is 298 g/mol. The average molecular weight is 321 g/mol. The lowest BCUT2D eigenvalue weighted by Crippen LogP contribution is -2.31. The Hall–Kier alpha value is -2.08. The van der Waals surface area contributed by atoms with Crippen LogP contribution in [0.15, 0.2) is 24.3 Å². The van der Waals surface area contributed by atoms with E-state index in [0.717, 1.165) is 37.9 Å². The lowest BCUT2D eigenvalue weighted by atomic mass is 10.1. The zero-order chi connectivity index (χ0) is 16.5. The van der Waals surface area contributed by atoms with Crippen LogP contribution in [0.25, 0.3) is 0 Å². The van der Waals surface area contributed by atoms with Crippen molar-refractivity contribution < 1.29 is 24.2 Å². The number of carboxylic acids is 1. The molecule has 2 rings (SSSR count). The van der Waals surface area contributed by atoms with Gasteiger partial charge in [-0.25, -0.2) is 4.79 Å². The van der Waals surface area contributed by atoms with Gasteiger partial charge in [-0.3, -0.25) is 4.79 Å². The minimum Gasteiger partial charge on any atom is -0.482 e. The van der Waals surface area contributed by atoms with E-state index in [0.29, 0.717) is 18.7 Å². The monoisotopic (exact) mass is 321 g/mol. The third-order valence-corrected chi connectivity index (χ3v) is 3.71. The maximum Gasteiger partial charge on any atom is 0.341 e. The molecule has 23 heavy (non-hydrogen) atoms. The zero-order valence-corrected chi connectivity index (χ0v) is 13.1. The first-order valence-electron chi connectivity index (χ1n) is 7.95. The zero-order valence-electron chi connectivity index (χ0n) is 13.1.